The first-order valence-corrected chi connectivity index (χ1v) is 4.90. The van der Waals surface area contributed by atoms with Crippen molar-refractivity contribution < 1.29 is 9.59 Å². The van der Waals surface area contributed by atoms with Crippen molar-refractivity contribution in [1.82, 2.24) is 5.32 Å². The van der Waals surface area contributed by atoms with E-state index in [0.29, 0.717) is 6.42 Å². The highest BCUT2D eigenvalue weighted by atomic mass is 16.2. The molecule has 2 amide bonds. The molecule has 0 spiro atoms. The van der Waals surface area contributed by atoms with Gasteiger partial charge in [-0.1, -0.05) is 36.9 Å². The van der Waals surface area contributed by atoms with Gasteiger partial charge in [-0.2, -0.15) is 0 Å². The second kappa shape index (κ2) is 5.82. The van der Waals surface area contributed by atoms with Crippen LogP contribution in [0.25, 0.3) is 0 Å². The molecule has 0 saturated heterocycles. The maximum absolute atomic E-state index is 11.4. The molecule has 4 nitrogen and oxygen atoms in total. The largest absolute Gasteiger partial charge is 0.320 e. The summed E-state index contributed by atoms with van der Waals surface area (Å²) in [4.78, 5) is 22.3. The Balaban J connectivity index is 2.52. The van der Waals surface area contributed by atoms with E-state index in [1.54, 1.807) is 0 Å². The van der Waals surface area contributed by atoms with Crippen LogP contribution in [0.15, 0.2) is 43.0 Å². The number of amides is 2. The molecule has 0 aliphatic carbocycles. The smallest absolute Gasteiger partial charge is 0.249 e. The molecule has 3 N–H and O–H groups in total. The minimum absolute atomic E-state index is 0.400. The normalized spacial score (nSPS) is 11.6. The Morgan fingerprint density at radius 2 is 2.00 bits per heavy atom. The third-order valence-corrected chi connectivity index (χ3v) is 2.07. The Labute approximate surface area is 94.1 Å². The van der Waals surface area contributed by atoms with Crippen molar-refractivity contribution >= 4 is 11.8 Å². The lowest BCUT2D eigenvalue weighted by Crippen LogP contribution is -2.44. The number of nitrogens with one attached hydrogen (secondary N) is 1. The Kier molecular flexibility index (Phi) is 4.42. The van der Waals surface area contributed by atoms with Crippen LogP contribution in [-0.4, -0.2) is 17.9 Å². The fourth-order valence-corrected chi connectivity index (χ4v) is 1.23. The SMILES string of the molecule is C=CC(=O)NC(=O)[C@@H](N)Cc1ccccc1. The molecule has 4 heteroatoms. The molecule has 0 radical (unpaired) electrons. The van der Waals surface area contributed by atoms with E-state index in [1.807, 2.05) is 30.3 Å². The number of carbonyl (C=O) groups excluding carboxylic acids is 2. The van der Waals surface area contributed by atoms with Crippen molar-refractivity contribution in [3.63, 3.8) is 0 Å². The molecular formula is C12H14N2O2. The summed E-state index contributed by atoms with van der Waals surface area (Å²) in [5, 5.41) is 2.13. The van der Waals surface area contributed by atoms with Crippen LogP contribution in [0.4, 0.5) is 0 Å². The number of hydrogen-bond donors (Lipinski definition) is 2. The van der Waals surface area contributed by atoms with E-state index in [9.17, 15) is 9.59 Å². The van der Waals surface area contributed by atoms with Crippen molar-refractivity contribution in [2.24, 2.45) is 5.73 Å². The topological polar surface area (TPSA) is 72.2 Å². The predicted molar refractivity (Wildman–Crippen MR) is 61.5 cm³/mol. The van der Waals surface area contributed by atoms with Crippen molar-refractivity contribution in [3.8, 4) is 0 Å². The monoisotopic (exact) mass is 218 g/mol. The Bertz CT molecular complexity index is 387. The van der Waals surface area contributed by atoms with Gasteiger partial charge < -0.3 is 5.73 Å². The summed E-state index contributed by atoms with van der Waals surface area (Å²) in [6.07, 6.45) is 1.43. The van der Waals surface area contributed by atoms with Gasteiger partial charge in [0.1, 0.15) is 0 Å². The van der Waals surface area contributed by atoms with Gasteiger partial charge in [-0.15, -0.1) is 0 Å². The summed E-state index contributed by atoms with van der Waals surface area (Å²) < 4.78 is 0. The zero-order valence-electron chi connectivity index (χ0n) is 8.85. The van der Waals surface area contributed by atoms with Crippen LogP contribution in [0.3, 0.4) is 0 Å². The average Bonchev–Trinajstić information content (AvgIpc) is 2.30. The van der Waals surface area contributed by atoms with Gasteiger partial charge in [0.05, 0.1) is 6.04 Å². The third kappa shape index (κ3) is 3.67. The molecule has 0 aromatic heterocycles. The first-order valence-electron chi connectivity index (χ1n) is 4.90. The highest BCUT2D eigenvalue weighted by Crippen LogP contribution is 2.01. The number of imide groups is 1. The Hall–Kier alpha value is -1.94. The molecule has 0 fully saturated rings. The van der Waals surface area contributed by atoms with E-state index < -0.39 is 17.9 Å². The lowest BCUT2D eigenvalue weighted by atomic mass is 10.1. The van der Waals surface area contributed by atoms with E-state index in [0.717, 1.165) is 11.6 Å². The lowest BCUT2D eigenvalue weighted by Gasteiger charge is -2.10. The zero-order chi connectivity index (χ0) is 12.0. The summed E-state index contributed by atoms with van der Waals surface area (Å²) in [6, 6.07) is 8.65. The van der Waals surface area contributed by atoms with Crippen LogP contribution < -0.4 is 11.1 Å². The minimum atomic E-state index is -0.730. The molecule has 1 rings (SSSR count). The van der Waals surface area contributed by atoms with Gasteiger partial charge in [-0.05, 0) is 18.1 Å². The third-order valence-electron chi connectivity index (χ3n) is 2.07. The number of carbonyl (C=O) groups is 2. The molecule has 0 heterocycles. The maximum atomic E-state index is 11.4. The van der Waals surface area contributed by atoms with Crippen molar-refractivity contribution in [3.05, 3.63) is 48.6 Å². The molecule has 1 atom stereocenters. The quantitative estimate of drug-likeness (QED) is 0.718. The van der Waals surface area contributed by atoms with Crippen molar-refractivity contribution in [2.45, 2.75) is 12.5 Å². The van der Waals surface area contributed by atoms with Crippen LogP contribution >= 0.6 is 0 Å². The van der Waals surface area contributed by atoms with Crippen molar-refractivity contribution in [2.75, 3.05) is 0 Å². The number of rotatable bonds is 4. The molecule has 84 valence electrons. The van der Waals surface area contributed by atoms with Crippen LogP contribution in [0.5, 0.6) is 0 Å². The molecule has 0 aliphatic rings. The minimum Gasteiger partial charge on any atom is -0.320 e. The maximum Gasteiger partial charge on any atom is 0.249 e. The summed E-state index contributed by atoms with van der Waals surface area (Å²) in [7, 11) is 0. The van der Waals surface area contributed by atoms with Crippen LogP contribution in [0.1, 0.15) is 5.56 Å². The van der Waals surface area contributed by atoms with Gasteiger partial charge in [-0.25, -0.2) is 0 Å². The molecule has 16 heavy (non-hydrogen) atoms. The van der Waals surface area contributed by atoms with Crippen molar-refractivity contribution in [1.29, 1.82) is 0 Å². The van der Waals surface area contributed by atoms with E-state index in [1.165, 1.54) is 0 Å². The van der Waals surface area contributed by atoms with Crippen LogP contribution in [-0.2, 0) is 16.0 Å². The molecule has 1 aromatic carbocycles. The van der Waals surface area contributed by atoms with Gasteiger partial charge in [0.2, 0.25) is 11.8 Å². The van der Waals surface area contributed by atoms with Gasteiger partial charge in [0.15, 0.2) is 0 Å². The van der Waals surface area contributed by atoms with Gasteiger partial charge in [-0.3, -0.25) is 14.9 Å². The first kappa shape index (κ1) is 12.1. The average molecular weight is 218 g/mol. The zero-order valence-corrected chi connectivity index (χ0v) is 8.85. The predicted octanol–water partition coefficient (Wildman–Crippen LogP) is 0.385. The lowest BCUT2D eigenvalue weighted by molar-refractivity contribution is -0.128. The Morgan fingerprint density at radius 3 is 2.56 bits per heavy atom. The van der Waals surface area contributed by atoms with Crippen LogP contribution in [0, 0.1) is 0 Å². The first-order chi connectivity index (χ1) is 7.63. The molecule has 0 bridgehead atoms. The van der Waals surface area contributed by atoms with Gasteiger partial charge >= 0.3 is 0 Å². The van der Waals surface area contributed by atoms with E-state index in [-0.39, 0.29) is 0 Å². The number of nitrogens with two attached hydrogens (primary N) is 1. The summed E-state index contributed by atoms with van der Waals surface area (Å²) >= 11 is 0. The fourth-order valence-electron chi connectivity index (χ4n) is 1.23. The number of benzene rings is 1. The van der Waals surface area contributed by atoms with E-state index >= 15 is 0 Å². The molecule has 0 aliphatic heterocycles. The second-order valence-corrected chi connectivity index (χ2v) is 3.35. The van der Waals surface area contributed by atoms with E-state index in [4.69, 9.17) is 5.73 Å². The van der Waals surface area contributed by atoms with Gasteiger partial charge in [0, 0.05) is 0 Å². The molecular weight excluding hydrogens is 204 g/mol. The van der Waals surface area contributed by atoms with E-state index in [2.05, 4.69) is 11.9 Å². The highest BCUT2D eigenvalue weighted by Gasteiger charge is 2.15. The number of hydrogen-bond acceptors (Lipinski definition) is 3. The summed E-state index contributed by atoms with van der Waals surface area (Å²) in [5.74, 6) is -1.03. The highest BCUT2D eigenvalue weighted by molar-refractivity contribution is 6.02. The van der Waals surface area contributed by atoms with Gasteiger partial charge in [0.25, 0.3) is 0 Å². The summed E-state index contributed by atoms with van der Waals surface area (Å²) in [5.41, 5.74) is 6.61. The molecule has 0 saturated carbocycles. The molecule has 0 unspecified atom stereocenters. The fraction of sp³-hybridized carbons (Fsp3) is 0.167. The Morgan fingerprint density at radius 1 is 1.38 bits per heavy atom. The summed E-state index contributed by atoms with van der Waals surface area (Å²) in [6.45, 7) is 3.25. The second-order valence-electron chi connectivity index (χ2n) is 3.35. The van der Waals surface area contributed by atoms with Crippen LogP contribution in [0.2, 0.25) is 0 Å². The standard InChI is InChI=1S/C12H14N2O2/c1-2-11(15)14-12(16)10(13)8-9-6-4-3-5-7-9/h2-7,10H,1,8,13H2,(H,14,15,16)/t10-/m0/s1. The molecule has 1 aromatic rings.